The smallest absolute Gasteiger partial charge is 0.253 e. The number of carbonyl (C=O) groups is 2. The Balaban J connectivity index is 1.18. The number of amides is 2. The highest BCUT2D eigenvalue weighted by Gasteiger charge is 2.42. The van der Waals surface area contributed by atoms with Crippen LogP contribution < -0.4 is 5.32 Å². The molecule has 0 radical (unpaired) electrons. The third-order valence-corrected chi connectivity index (χ3v) is 9.92. The molecule has 2 atom stereocenters. The first-order chi connectivity index (χ1) is 19.6. The lowest BCUT2D eigenvalue weighted by Crippen LogP contribution is -2.54. The minimum absolute atomic E-state index is 0.0603. The van der Waals surface area contributed by atoms with Crippen molar-refractivity contribution in [3.63, 3.8) is 0 Å². The largest absolute Gasteiger partial charge is 0.377 e. The van der Waals surface area contributed by atoms with Crippen molar-refractivity contribution in [2.24, 2.45) is 5.41 Å². The van der Waals surface area contributed by atoms with Crippen LogP contribution in [0.4, 0.5) is 5.69 Å². The number of nitrogens with zero attached hydrogens (tertiary/aromatic N) is 2. The first kappa shape index (κ1) is 27.3. The fourth-order valence-electron chi connectivity index (χ4n) is 7.41. The molecule has 1 saturated carbocycles. The highest BCUT2D eigenvalue weighted by Crippen LogP contribution is 2.51. The van der Waals surface area contributed by atoms with E-state index in [1.807, 2.05) is 21.9 Å². The topological polar surface area (TPSA) is 61.9 Å². The Morgan fingerprint density at radius 3 is 2.00 bits per heavy atom. The maximum Gasteiger partial charge on any atom is 0.253 e. The molecule has 1 N–H and O–H groups in total. The van der Waals surface area contributed by atoms with Gasteiger partial charge in [0.2, 0.25) is 0 Å². The number of hydrogen-bond donors (Lipinski definition) is 1. The molecule has 0 aromatic heterocycles. The van der Waals surface area contributed by atoms with Crippen molar-refractivity contribution in [3.05, 3.63) is 65.2 Å². The van der Waals surface area contributed by atoms with E-state index in [4.69, 9.17) is 4.74 Å². The second-order valence-electron chi connectivity index (χ2n) is 12.5. The van der Waals surface area contributed by atoms with Gasteiger partial charge >= 0.3 is 0 Å². The lowest BCUT2D eigenvalue weighted by Gasteiger charge is -2.47. The summed E-state index contributed by atoms with van der Waals surface area (Å²) in [6.07, 6.45) is 14.9. The summed E-state index contributed by atoms with van der Waals surface area (Å²) < 4.78 is 5.37. The fraction of sp³-hybridized carbons (Fsp3) is 0.588. The molecule has 2 unspecified atom stereocenters. The van der Waals surface area contributed by atoms with Gasteiger partial charge in [-0.1, -0.05) is 81.7 Å². The van der Waals surface area contributed by atoms with Gasteiger partial charge in [-0.05, 0) is 54.0 Å². The van der Waals surface area contributed by atoms with Gasteiger partial charge in [0.25, 0.3) is 11.8 Å². The van der Waals surface area contributed by atoms with Gasteiger partial charge in [0.15, 0.2) is 0 Å². The van der Waals surface area contributed by atoms with Crippen LogP contribution in [0.1, 0.15) is 98.2 Å². The summed E-state index contributed by atoms with van der Waals surface area (Å²) in [6, 6.07) is 17.5. The summed E-state index contributed by atoms with van der Waals surface area (Å²) in [5.41, 5.74) is 4.92. The third-order valence-electron chi connectivity index (χ3n) is 9.92. The van der Waals surface area contributed by atoms with Gasteiger partial charge in [-0.3, -0.25) is 9.59 Å². The molecule has 2 aromatic rings. The molecule has 6 heteroatoms. The van der Waals surface area contributed by atoms with Crippen LogP contribution in [-0.4, -0.2) is 60.5 Å². The van der Waals surface area contributed by atoms with Crippen LogP contribution in [0, 0.1) is 5.41 Å². The number of carbonyl (C=O) groups excluding carboxylic acids is 2. The molecule has 2 saturated heterocycles. The Morgan fingerprint density at radius 1 is 0.775 bits per heavy atom. The van der Waals surface area contributed by atoms with Crippen molar-refractivity contribution >= 4 is 17.5 Å². The standard InChI is InChI=1S/C34H45N3O3/c38-32(36-20-22-37(23-21-36)33(39)30-17-24-40-30)27-15-13-26(14-16-27)31-34(25-28-11-7-8-12-29(28)35-31)18-9-5-3-1-2-4-6-10-19-34/h7-8,11-16,30-31,35H,1-6,9-10,17-25H2. The van der Waals surface area contributed by atoms with E-state index in [-0.39, 0.29) is 29.4 Å². The number of nitrogens with one attached hydrogen (secondary N) is 1. The second-order valence-corrected chi connectivity index (χ2v) is 12.5. The Kier molecular flexibility index (Phi) is 8.43. The monoisotopic (exact) mass is 543 g/mol. The van der Waals surface area contributed by atoms with Gasteiger partial charge in [-0.25, -0.2) is 0 Å². The van der Waals surface area contributed by atoms with Crippen molar-refractivity contribution in [2.45, 2.75) is 89.2 Å². The van der Waals surface area contributed by atoms with Crippen molar-refractivity contribution in [1.29, 1.82) is 0 Å². The van der Waals surface area contributed by atoms with Gasteiger partial charge in [0, 0.05) is 43.9 Å². The lowest BCUT2D eigenvalue weighted by atomic mass is 9.64. The molecule has 3 heterocycles. The maximum atomic E-state index is 13.4. The number of para-hydroxylation sites is 1. The van der Waals surface area contributed by atoms with E-state index in [0.717, 1.165) is 18.4 Å². The van der Waals surface area contributed by atoms with Gasteiger partial charge in [-0.15, -0.1) is 0 Å². The Labute approximate surface area is 239 Å². The normalized spacial score (nSPS) is 25.2. The van der Waals surface area contributed by atoms with Crippen LogP contribution in [-0.2, 0) is 16.0 Å². The summed E-state index contributed by atoms with van der Waals surface area (Å²) in [5.74, 6) is 0.138. The quantitative estimate of drug-likeness (QED) is 0.489. The molecule has 4 aliphatic rings. The first-order valence-electron chi connectivity index (χ1n) is 15.8. The molecule has 40 heavy (non-hydrogen) atoms. The molecule has 214 valence electrons. The van der Waals surface area contributed by atoms with Crippen LogP contribution in [0.5, 0.6) is 0 Å². The zero-order valence-corrected chi connectivity index (χ0v) is 23.9. The minimum atomic E-state index is -0.269. The van der Waals surface area contributed by atoms with Crippen molar-refractivity contribution in [2.75, 3.05) is 38.1 Å². The van der Waals surface area contributed by atoms with Gasteiger partial charge in [0.1, 0.15) is 6.10 Å². The van der Waals surface area contributed by atoms with Gasteiger partial charge in [-0.2, -0.15) is 0 Å². The summed E-state index contributed by atoms with van der Waals surface area (Å²) in [4.78, 5) is 29.6. The molecule has 3 aliphatic heterocycles. The predicted octanol–water partition coefficient (Wildman–Crippen LogP) is 6.37. The van der Waals surface area contributed by atoms with E-state index >= 15 is 0 Å². The SMILES string of the molecule is O=C(c1ccc(C2Nc3ccccc3CC23CCCCCCCCCC3)cc1)N1CCN(C(=O)C2CCO2)CC1. The van der Waals surface area contributed by atoms with E-state index in [0.29, 0.717) is 32.8 Å². The number of rotatable bonds is 3. The van der Waals surface area contributed by atoms with E-state index in [1.54, 1.807) is 0 Å². The molecular formula is C34H45N3O3. The number of benzene rings is 2. The predicted molar refractivity (Wildman–Crippen MR) is 158 cm³/mol. The molecule has 2 amide bonds. The number of piperazine rings is 1. The van der Waals surface area contributed by atoms with Crippen molar-refractivity contribution < 1.29 is 14.3 Å². The van der Waals surface area contributed by atoms with Gasteiger partial charge < -0.3 is 19.9 Å². The summed E-state index contributed by atoms with van der Waals surface area (Å²) >= 11 is 0. The molecule has 0 bridgehead atoms. The van der Waals surface area contributed by atoms with Crippen LogP contribution in [0.2, 0.25) is 0 Å². The molecule has 1 spiro atoms. The maximum absolute atomic E-state index is 13.4. The zero-order valence-electron chi connectivity index (χ0n) is 23.9. The average molecular weight is 544 g/mol. The highest BCUT2D eigenvalue weighted by molar-refractivity contribution is 5.94. The van der Waals surface area contributed by atoms with E-state index in [1.165, 1.54) is 81.0 Å². The average Bonchev–Trinajstić information content (AvgIpc) is 3.01. The molecule has 6 nitrogen and oxygen atoms in total. The minimum Gasteiger partial charge on any atom is -0.377 e. The van der Waals surface area contributed by atoms with Crippen LogP contribution in [0.25, 0.3) is 0 Å². The Morgan fingerprint density at radius 2 is 1.38 bits per heavy atom. The number of ether oxygens (including phenoxy) is 1. The van der Waals surface area contributed by atoms with E-state index in [9.17, 15) is 9.59 Å². The Hall–Kier alpha value is -2.86. The molecule has 6 rings (SSSR count). The number of anilines is 1. The summed E-state index contributed by atoms with van der Waals surface area (Å²) in [6.45, 7) is 2.98. The summed E-state index contributed by atoms with van der Waals surface area (Å²) in [5, 5.41) is 3.98. The highest BCUT2D eigenvalue weighted by atomic mass is 16.5. The van der Waals surface area contributed by atoms with E-state index < -0.39 is 0 Å². The number of fused-ring (bicyclic) bond motifs is 1. The van der Waals surface area contributed by atoms with E-state index in [2.05, 4.69) is 41.7 Å². The number of hydrogen-bond acceptors (Lipinski definition) is 4. The Bertz CT molecular complexity index is 1160. The van der Waals surface area contributed by atoms with Crippen molar-refractivity contribution in [1.82, 2.24) is 9.80 Å². The third kappa shape index (κ3) is 5.79. The fourth-order valence-corrected chi connectivity index (χ4v) is 7.41. The lowest BCUT2D eigenvalue weighted by molar-refractivity contribution is -0.157. The summed E-state index contributed by atoms with van der Waals surface area (Å²) in [7, 11) is 0. The zero-order chi connectivity index (χ0) is 27.4. The van der Waals surface area contributed by atoms with Crippen LogP contribution in [0.15, 0.2) is 48.5 Å². The van der Waals surface area contributed by atoms with Crippen LogP contribution in [0.3, 0.4) is 0 Å². The van der Waals surface area contributed by atoms with Gasteiger partial charge in [0.05, 0.1) is 12.6 Å². The molecule has 1 aliphatic carbocycles. The second kappa shape index (κ2) is 12.3. The molecule has 2 aromatic carbocycles. The molecular weight excluding hydrogens is 498 g/mol. The van der Waals surface area contributed by atoms with Crippen LogP contribution >= 0.6 is 0 Å². The molecule has 3 fully saturated rings. The van der Waals surface area contributed by atoms with Crippen molar-refractivity contribution in [3.8, 4) is 0 Å². The first-order valence-corrected chi connectivity index (χ1v) is 15.8.